The molecule has 0 aliphatic carbocycles. The Morgan fingerprint density at radius 3 is 2.75 bits per heavy atom. The summed E-state index contributed by atoms with van der Waals surface area (Å²) in [5, 5.41) is 0. The summed E-state index contributed by atoms with van der Waals surface area (Å²) >= 11 is 1.85. The van der Waals surface area contributed by atoms with Crippen molar-refractivity contribution in [3.63, 3.8) is 0 Å². The lowest BCUT2D eigenvalue weighted by molar-refractivity contribution is 0.405. The molecule has 0 radical (unpaired) electrons. The van der Waals surface area contributed by atoms with Crippen LogP contribution in [0.15, 0.2) is 29.2 Å². The van der Waals surface area contributed by atoms with Crippen LogP contribution < -0.4 is 4.74 Å². The molecule has 0 amide bonds. The van der Waals surface area contributed by atoms with Gasteiger partial charge >= 0.3 is 0 Å². The first-order valence-electron chi connectivity index (χ1n) is 4.14. The number of hydrogen-bond donors (Lipinski definition) is 0. The number of ether oxygens (including phenoxy) is 1. The number of methoxy groups -OCH3 is 1. The van der Waals surface area contributed by atoms with Crippen molar-refractivity contribution in [1.82, 2.24) is 0 Å². The molecule has 0 saturated heterocycles. The summed E-state index contributed by atoms with van der Waals surface area (Å²) in [5.41, 5.74) is 0. The standard InChI is InChI=1S/C10H14OS/c1-3-8-12-10-7-5-4-6-9(10)11-2/h4-7H,3,8H2,1-2H3. The van der Waals surface area contributed by atoms with E-state index in [-0.39, 0.29) is 0 Å². The van der Waals surface area contributed by atoms with E-state index in [2.05, 4.69) is 13.0 Å². The van der Waals surface area contributed by atoms with Crippen LogP contribution in [0.5, 0.6) is 5.75 Å². The van der Waals surface area contributed by atoms with E-state index in [1.54, 1.807) is 7.11 Å². The molecule has 0 atom stereocenters. The minimum absolute atomic E-state index is 0.982. The van der Waals surface area contributed by atoms with Crippen LogP contribution >= 0.6 is 11.8 Å². The summed E-state index contributed by atoms with van der Waals surface area (Å²) in [6.45, 7) is 2.18. The van der Waals surface area contributed by atoms with Crippen molar-refractivity contribution < 1.29 is 4.74 Å². The van der Waals surface area contributed by atoms with Gasteiger partial charge in [-0.05, 0) is 24.3 Å². The Kier molecular flexibility index (Phi) is 4.01. The minimum atomic E-state index is 0.982. The molecule has 1 nitrogen and oxygen atoms in total. The molecule has 0 unspecified atom stereocenters. The maximum atomic E-state index is 5.22. The third-order valence-electron chi connectivity index (χ3n) is 1.53. The largest absolute Gasteiger partial charge is 0.496 e. The van der Waals surface area contributed by atoms with Crippen molar-refractivity contribution >= 4 is 11.8 Å². The summed E-state index contributed by atoms with van der Waals surface area (Å²) in [4.78, 5) is 1.24. The van der Waals surface area contributed by atoms with Gasteiger partial charge in [-0.2, -0.15) is 0 Å². The van der Waals surface area contributed by atoms with Gasteiger partial charge in [-0.3, -0.25) is 0 Å². The second-order valence-electron chi connectivity index (χ2n) is 2.50. The van der Waals surface area contributed by atoms with Crippen LogP contribution in [0.1, 0.15) is 13.3 Å². The lowest BCUT2D eigenvalue weighted by atomic mass is 10.3. The number of hydrogen-bond acceptors (Lipinski definition) is 2. The lowest BCUT2D eigenvalue weighted by Gasteiger charge is -2.05. The van der Waals surface area contributed by atoms with Crippen LogP contribution in [0.4, 0.5) is 0 Å². The van der Waals surface area contributed by atoms with Crippen LogP contribution in [0.3, 0.4) is 0 Å². The summed E-state index contributed by atoms with van der Waals surface area (Å²) in [5.74, 6) is 2.14. The van der Waals surface area contributed by atoms with Crippen molar-refractivity contribution in [3.8, 4) is 5.75 Å². The Bertz CT molecular complexity index is 235. The van der Waals surface area contributed by atoms with Crippen LogP contribution in [-0.2, 0) is 0 Å². The van der Waals surface area contributed by atoms with Crippen molar-refractivity contribution in [1.29, 1.82) is 0 Å². The molecule has 12 heavy (non-hydrogen) atoms. The average Bonchev–Trinajstić information content (AvgIpc) is 2.15. The van der Waals surface area contributed by atoms with E-state index in [4.69, 9.17) is 4.74 Å². The Balaban J connectivity index is 2.68. The van der Waals surface area contributed by atoms with E-state index in [9.17, 15) is 0 Å². The monoisotopic (exact) mass is 182 g/mol. The smallest absolute Gasteiger partial charge is 0.132 e. The van der Waals surface area contributed by atoms with E-state index >= 15 is 0 Å². The van der Waals surface area contributed by atoms with Crippen molar-refractivity contribution in [2.24, 2.45) is 0 Å². The maximum absolute atomic E-state index is 5.22. The predicted octanol–water partition coefficient (Wildman–Crippen LogP) is 3.20. The maximum Gasteiger partial charge on any atom is 0.132 e. The average molecular weight is 182 g/mol. The number of benzene rings is 1. The fourth-order valence-electron chi connectivity index (χ4n) is 0.950. The van der Waals surface area contributed by atoms with E-state index in [0.717, 1.165) is 11.5 Å². The Labute approximate surface area is 78.1 Å². The topological polar surface area (TPSA) is 9.23 Å². The molecular formula is C10H14OS. The minimum Gasteiger partial charge on any atom is -0.496 e. The molecule has 0 aliphatic heterocycles. The predicted molar refractivity (Wildman–Crippen MR) is 54.0 cm³/mol. The van der Waals surface area contributed by atoms with Crippen LogP contribution in [0, 0.1) is 0 Å². The number of rotatable bonds is 4. The molecule has 0 N–H and O–H groups in total. The lowest BCUT2D eigenvalue weighted by Crippen LogP contribution is -1.85. The van der Waals surface area contributed by atoms with Crippen molar-refractivity contribution in [3.05, 3.63) is 24.3 Å². The van der Waals surface area contributed by atoms with Gasteiger partial charge in [0.05, 0.1) is 7.11 Å². The molecule has 1 aromatic rings. The summed E-state index contributed by atoms with van der Waals surface area (Å²) in [7, 11) is 1.71. The Morgan fingerprint density at radius 1 is 1.33 bits per heavy atom. The zero-order chi connectivity index (χ0) is 8.81. The van der Waals surface area contributed by atoms with Gasteiger partial charge in [-0.15, -0.1) is 11.8 Å². The molecule has 0 saturated carbocycles. The SMILES string of the molecule is CCCSc1ccccc1OC. The third kappa shape index (κ3) is 2.45. The van der Waals surface area contributed by atoms with Gasteiger partial charge in [0.15, 0.2) is 0 Å². The zero-order valence-electron chi connectivity index (χ0n) is 7.54. The first-order chi connectivity index (χ1) is 5.88. The van der Waals surface area contributed by atoms with Gasteiger partial charge in [0.25, 0.3) is 0 Å². The highest BCUT2D eigenvalue weighted by Gasteiger charge is 1.99. The molecule has 1 rings (SSSR count). The number of thioether (sulfide) groups is 1. The van der Waals surface area contributed by atoms with Gasteiger partial charge < -0.3 is 4.74 Å². The molecule has 0 fully saturated rings. The van der Waals surface area contributed by atoms with Crippen molar-refractivity contribution in [2.75, 3.05) is 12.9 Å². The van der Waals surface area contributed by atoms with Crippen LogP contribution in [0.2, 0.25) is 0 Å². The van der Waals surface area contributed by atoms with E-state index in [1.807, 2.05) is 30.0 Å². The zero-order valence-corrected chi connectivity index (χ0v) is 8.36. The quantitative estimate of drug-likeness (QED) is 0.661. The molecule has 1 aromatic carbocycles. The van der Waals surface area contributed by atoms with Crippen LogP contribution in [0.25, 0.3) is 0 Å². The molecule has 0 spiro atoms. The highest BCUT2D eigenvalue weighted by atomic mass is 32.2. The third-order valence-corrected chi connectivity index (χ3v) is 2.79. The summed E-state index contributed by atoms with van der Waals surface area (Å²) in [6, 6.07) is 8.13. The molecule has 66 valence electrons. The van der Waals surface area contributed by atoms with E-state index < -0.39 is 0 Å². The fraction of sp³-hybridized carbons (Fsp3) is 0.400. The molecular weight excluding hydrogens is 168 g/mol. The first-order valence-corrected chi connectivity index (χ1v) is 5.13. The summed E-state index contributed by atoms with van der Waals surface area (Å²) in [6.07, 6.45) is 1.20. The highest BCUT2D eigenvalue weighted by Crippen LogP contribution is 2.28. The second-order valence-corrected chi connectivity index (χ2v) is 3.64. The van der Waals surface area contributed by atoms with Gasteiger partial charge in [0.2, 0.25) is 0 Å². The van der Waals surface area contributed by atoms with Crippen LogP contribution in [-0.4, -0.2) is 12.9 Å². The molecule has 0 aromatic heterocycles. The van der Waals surface area contributed by atoms with Gasteiger partial charge in [0.1, 0.15) is 5.75 Å². The number of para-hydroxylation sites is 1. The Morgan fingerprint density at radius 2 is 2.08 bits per heavy atom. The van der Waals surface area contributed by atoms with Gasteiger partial charge in [-0.25, -0.2) is 0 Å². The first kappa shape index (κ1) is 9.46. The molecule has 2 heteroatoms. The van der Waals surface area contributed by atoms with E-state index in [0.29, 0.717) is 0 Å². The highest BCUT2D eigenvalue weighted by molar-refractivity contribution is 7.99. The second kappa shape index (κ2) is 5.09. The fourth-order valence-corrected chi connectivity index (χ4v) is 1.84. The molecule has 0 bridgehead atoms. The van der Waals surface area contributed by atoms with Crippen molar-refractivity contribution in [2.45, 2.75) is 18.2 Å². The van der Waals surface area contributed by atoms with E-state index in [1.165, 1.54) is 11.3 Å². The molecule has 0 heterocycles. The molecule has 0 aliphatic rings. The normalized spacial score (nSPS) is 9.83. The summed E-state index contributed by atoms with van der Waals surface area (Å²) < 4.78 is 5.22. The van der Waals surface area contributed by atoms with Gasteiger partial charge in [-0.1, -0.05) is 19.1 Å². The van der Waals surface area contributed by atoms with Gasteiger partial charge in [0, 0.05) is 4.90 Å². The Hall–Kier alpha value is -0.630.